The first-order valence-electron chi connectivity index (χ1n) is 16.1. The van der Waals surface area contributed by atoms with Crippen molar-refractivity contribution in [2.75, 3.05) is 13.2 Å². The smallest absolute Gasteiger partial charge is 0.201 e. The highest BCUT2D eigenvalue weighted by atomic mass is 17.3. The normalized spacial score (nSPS) is 56.4. The minimum Gasteiger partial charge on any atom is -0.346 e. The van der Waals surface area contributed by atoms with E-state index >= 15 is 0 Å². The molecule has 0 radical (unpaired) electrons. The predicted octanol–water partition coefficient (Wildman–Crippen LogP) is 5.28. The highest BCUT2D eigenvalue weighted by molar-refractivity contribution is 5.23. The third-order valence-electron chi connectivity index (χ3n) is 12.1. The molecule has 2 unspecified atom stereocenters. The predicted molar refractivity (Wildman–Crippen MR) is 146 cm³/mol. The summed E-state index contributed by atoms with van der Waals surface area (Å²) in [5, 5.41) is 0. The van der Waals surface area contributed by atoms with Crippen LogP contribution in [0.4, 0.5) is 0 Å². The molecule has 10 aliphatic rings. The Morgan fingerprint density at radius 1 is 0.643 bits per heavy atom. The van der Waals surface area contributed by atoms with E-state index in [-0.39, 0.29) is 36.9 Å². The number of hydrogen-bond acceptors (Lipinski definition) is 10. The van der Waals surface area contributed by atoms with E-state index in [0.717, 1.165) is 62.5 Å². The Kier molecular flexibility index (Phi) is 6.65. The summed E-state index contributed by atoms with van der Waals surface area (Å²) in [5.74, 6) is -0.113. The first-order chi connectivity index (χ1) is 20.1. The molecule has 2 aliphatic carbocycles. The summed E-state index contributed by atoms with van der Waals surface area (Å²) >= 11 is 0. The van der Waals surface area contributed by atoms with Crippen LogP contribution in [0.1, 0.15) is 79.1 Å². The molecule has 0 aromatic rings. The summed E-state index contributed by atoms with van der Waals surface area (Å²) in [5.41, 5.74) is 0.356. The molecule has 10 rings (SSSR count). The highest BCUT2D eigenvalue weighted by Gasteiger charge is 2.70. The Labute approximate surface area is 248 Å². The van der Waals surface area contributed by atoms with E-state index < -0.39 is 47.9 Å². The topological polar surface area (TPSA) is 92.3 Å². The largest absolute Gasteiger partial charge is 0.346 e. The van der Waals surface area contributed by atoms with Crippen LogP contribution in [0.5, 0.6) is 0 Å². The van der Waals surface area contributed by atoms with Crippen molar-refractivity contribution < 1.29 is 48.0 Å². The summed E-state index contributed by atoms with van der Waals surface area (Å²) in [6.45, 7) is 17.9. The van der Waals surface area contributed by atoms with Gasteiger partial charge in [0.2, 0.25) is 11.6 Å². The van der Waals surface area contributed by atoms with Crippen LogP contribution in [0, 0.1) is 35.5 Å². The van der Waals surface area contributed by atoms with Gasteiger partial charge in [-0.1, -0.05) is 27.0 Å². The van der Waals surface area contributed by atoms with Crippen LogP contribution in [-0.4, -0.2) is 61.2 Å². The van der Waals surface area contributed by atoms with Gasteiger partial charge in [0.1, 0.15) is 0 Å². The van der Waals surface area contributed by atoms with Gasteiger partial charge < -0.3 is 28.4 Å². The maximum Gasteiger partial charge on any atom is 0.201 e. The summed E-state index contributed by atoms with van der Waals surface area (Å²) in [6.07, 6.45) is 5.09. The van der Waals surface area contributed by atoms with Crippen LogP contribution in [-0.2, 0) is 48.0 Å². The van der Waals surface area contributed by atoms with Gasteiger partial charge in [-0.05, 0) is 87.2 Å². The lowest BCUT2D eigenvalue weighted by Gasteiger charge is -2.59. The molecule has 8 aliphatic heterocycles. The molecule has 2 saturated carbocycles. The Bertz CT molecular complexity index is 1040. The molecular formula is C32H46O10. The lowest BCUT2D eigenvalue weighted by atomic mass is 9.59. The van der Waals surface area contributed by atoms with Crippen molar-refractivity contribution in [3.63, 3.8) is 0 Å². The van der Waals surface area contributed by atoms with Gasteiger partial charge in [0.15, 0.2) is 36.4 Å². The van der Waals surface area contributed by atoms with E-state index in [2.05, 4.69) is 27.0 Å². The molecular weight excluding hydrogens is 544 g/mol. The zero-order chi connectivity index (χ0) is 29.1. The van der Waals surface area contributed by atoms with E-state index in [9.17, 15) is 0 Å². The third kappa shape index (κ3) is 3.93. The fourth-order valence-electron chi connectivity index (χ4n) is 9.72. The lowest BCUT2D eigenvalue weighted by Crippen LogP contribution is -2.69. The summed E-state index contributed by atoms with van der Waals surface area (Å²) in [6, 6.07) is 0. The fourth-order valence-corrected chi connectivity index (χ4v) is 9.72. The van der Waals surface area contributed by atoms with E-state index in [1.165, 1.54) is 0 Å². The van der Waals surface area contributed by atoms with Crippen molar-refractivity contribution in [1.29, 1.82) is 0 Å². The monoisotopic (exact) mass is 590 g/mol. The molecule has 8 heterocycles. The van der Waals surface area contributed by atoms with Gasteiger partial charge in [0.25, 0.3) is 0 Å². The van der Waals surface area contributed by atoms with Crippen molar-refractivity contribution in [3.8, 4) is 0 Å². The molecule has 4 bridgehead atoms. The van der Waals surface area contributed by atoms with Crippen molar-refractivity contribution in [2.45, 2.75) is 127 Å². The van der Waals surface area contributed by atoms with E-state index in [1.807, 2.05) is 13.8 Å². The average molecular weight is 591 g/mol. The van der Waals surface area contributed by atoms with Crippen molar-refractivity contribution in [2.24, 2.45) is 35.5 Å². The quantitative estimate of drug-likeness (QED) is 0.239. The van der Waals surface area contributed by atoms with Crippen LogP contribution >= 0.6 is 0 Å². The average Bonchev–Trinajstić information content (AvgIpc) is 3.33. The molecule has 234 valence electrons. The molecule has 2 spiro atoms. The summed E-state index contributed by atoms with van der Waals surface area (Å²) in [4.78, 5) is 24.2. The molecule has 0 amide bonds. The Morgan fingerprint density at radius 3 is 1.50 bits per heavy atom. The van der Waals surface area contributed by atoms with Gasteiger partial charge in [-0.25, -0.2) is 19.6 Å². The van der Waals surface area contributed by atoms with Gasteiger partial charge >= 0.3 is 0 Å². The second-order valence-corrected chi connectivity index (χ2v) is 14.5. The molecule has 10 heteroatoms. The third-order valence-corrected chi connectivity index (χ3v) is 12.1. The molecule has 0 aromatic carbocycles. The molecule has 8 saturated heterocycles. The Hall–Kier alpha value is -0.920. The van der Waals surface area contributed by atoms with Gasteiger partial charge in [0, 0.05) is 24.7 Å². The van der Waals surface area contributed by atoms with Gasteiger partial charge in [-0.2, -0.15) is 0 Å². The zero-order valence-corrected chi connectivity index (χ0v) is 25.3. The molecule has 14 atom stereocenters. The fraction of sp³-hybridized carbons (Fsp3) is 0.875. The number of rotatable bonds is 5. The van der Waals surface area contributed by atoms with Gasteiger partial charge in [0.05, 0.1) is 13.2 Å². The van der Waals surface area contributed by atoms with Crippen molar-refractivity contribution in [3.05, 3.63) is 24.3 Å². The second-order valence-electron chi connectivity index (χ2n) is 14.5. The number of ether oxygens (including phenoxy) is 6. The standard InChI is InChI=1S/C32H46O10/c1-17-7-9-23-19(3)25(35-27-31(23)21(17)11-13-29(5,37-27)39-41-31)33-15-16-34-26-20(4)24-10-8-18(2)22-12-14-30(6)38-28(36-26)32(22,24)42-40-30/h17-18,21-28H,3-4,7-16H2,1-2,5-6H3/t17-,18-,21+,22+,23+,24+,25+,26+,27-,28-,29+,30+,31?,32?/m1/s1. The Morgan fingerprint density at radius 2 is 1.07 bits per heavy atom. The van der Waals surface area contributed by atoms with Crippen LogP contribution < -0.4 is 0 Å². The van der Waals surface area contributed by atoms with Crippen LogP contribution in [0.15, 0.2) is 24.3 Å². The minimum atomic E-state index is -0.832. The maximum atomic E-state index is 6.46. The van der Waals surface area contributed by atoms with E-state index in [0.29, 0.717) is 11.8 Å². The molecule has 0 N–H and O–H groups in total. The van der Waals surface area contributed by atoms with Crippen molar-refractivity contribution in [1.82, 2.24) is 0 Å². The lowest BCUT2D eigenvalue weighted by molar-refractivity contribution is -0.568. The molecule has 10 nitrogen and oxygen atoms in total. The second kappa shape index (κ2) is 9.79. The SMILES string of the molecule is C=C1[C@@H](OCCO[C@H]2O[C@@H]3O[C@]4(C)CC[C@H]5[C@H](C)CC[C@@H](C2=C)C35OO4)O[C@@H]2O[C@]3(C)CC[C@H]4[C@H](C)CC[C@@H]1C24OO3. The maximum absolute atomic E-state index is 6.46. The van der Waals surface area contributed by atoms with Crippen molar-refractivity contribution >= 4 is 0 Å². The highest BCUT2D eigenvalue weighted by Crippen LogP contribution is 2.62. The van der Waals surface area contributed by atoms with Gasteiger partial charge in [-0.3, -0.25) is 0 Å². The van der Waals surface area contributed by atoms with E-state index in [1.54, 1.807) is 0 Å². The first kappa shape index (κ1) is 28.5. The summed E-state index contributed by atoms with van der Waals surface area (Å²) < 4.78 is 38.3. The molecule has 42 heavy (non-hydrogen) atoms. The zero-order valence-electron chi connectivity index (χ0n) is 25.3. The van der Waals surface area contributed by atoms with Crippen LogP contribution in [0.2, 0.25) is 0 Å². The van der Waals surface area contributed by atoms with Crippen LogP contribution in [0.25, 0.3) is 0 Å². The summed E-state index contributed by atoms with van der Waals surface area (Å²) in [7, 11) is 0. The van der Waals surface area contributed by atoms with Gasteiger partial charge in [-0.15, -0.1) is 0 Å². The van der Waals surface area contributed by atoms with Crippen LogP contribution in [0.3, 0.4) is 0 Å². The Balaban J connectivity index is 0.939. The van der Waals surface area contributed by atoms with E-state index in [4.69, 9.17) is 48.0 Å². The number of fused-ring (bicyclic) bond motifs is 4. The first-order valence-corrected chi connectivity index (χ1v) is 16.1. The molecule has 10 fully saturated rings. The molecule has 0 aromatic heterocycles. The number of hydrogen-bond donors (Lipinski definition) is 0. The minimum absolute atomic E-state index is 0.0247.